The Kier molecular flexibility index (Phi) is 5.43. The fraction of sp³-hybridized carbons (Fsp3) is 0.138. The van der Waals surface area contributed by atoms with Gasteiger partial charge in [-0.05, 0) is 65.4 Å². The fourth-order valence-electron chi connectivity index (χ4n) is 5.56. The Labute approximate surface area is 214 Å². The van der Waals surface area contributed by atoms with Gasteiger partial charge in [-0.15, -0.1) is 0 Å². The molecule has 2 aliphatic rings. The van der Waals surface area contributed by atoms with Crippen LogP contribution in [-0.2, 0) is 6.42 Å². The average molecular weight is 500 g/mol. The molecular formula is C29H23Cl2N3O. The summed E-state index contributed by atoms with van der Waals surface area (Å²) in [6.07, 6.45) is 0.934. The van der Waals surface area contributed by atoms with Crippen LogP contribution in [0.25, 0.3) is 0 Å². The van der Waals surface area contributed by atoms with Crippen molar-refractivity contribution in [3.05, 3.63) is 123 Å². The number of anilines is 1. The smallest absolute Gasteiger partial charge is 0.164 e. The van der Waals surface area contributed by atoms with Crippen LogP contribution in [0.4, 0.5) is 5.69 Å². The quantitative estimate of drug-likeness (QED) is 0.200. The van der Waals surface area contributed by atoms with Gasteiger partial charge >= 0.3 is 0 Å². The first-order valence-electron chi connectivity index (χ1n) is 11.5. The van der Waals surface area contributed by atoms with Crippen molar-refractivity contribution in [2.24, 2.45) is 11.7 Å². The Bertz CT molecular complexity index is 1450. The SMILES string of the molecule is N=C(N)c1ccc2c(c1)C1c3ccccc3CC1C(c1ccccc1Oc1c(Cl)cccc1Cl)N2. The maximum atomic E-state index is 7.95. The predicted molar refractivity (Wildman–Crippen MR) is 142 cm³/mol. The Hall–Kier alpha value is -3.47. The van der Waals surface area contributed by atoms with E-state index in [0.717, 1.165) is 29.0 Å². The Balaban J connectivity index is 1.48. The first-order chi connectivity index (χ1) is 17.0. The monoisotopic (exact) mass is 499 g/mol. The lowest BCUT2D eigenvalue weighted by Crippen LogP contribution is -2.31. The molecule has 0 spiro atoms. The van der Waals surface area contributed by atoms with Gasteiger partial charge in [0.15, 0.2) is 5.75 Å². The van der Waals surface area contributed by atoms with Gasteiger partial charge < -0.3 is 15.8 Å². The van der Waals surface area contributed by atoms with Gasteiger partial charge in [-0.1, -0.05) is 71.7 Å². The number of rotatable bonds is 4. The normalized spacial score (nSPS) is 19.8. The maximum Gasteiger partial charge on any atom is 0.164 e. The molecule has 6 heteroatoms. The summed E-state index contributed by atoms with van der Waals surface area (Å²) < 4.78 is 6.34. The molecule has 6 rings (SSSR count). The molecule has 0 bridgehead atoms. The van der Waals surface area contributed by atoms with Gasteiger partial charge in [0.05, 0.1) is 16.1 Å². The molecule has 3 unspecified atom stereocenters. The number of nitrogens with two attached hydrogens (primary N) is 1. The second-order valence-electron chi connectivity index (χ2n) is 9.07. The highest BCUT2D eigenvalue weighted by Gasteiger charge is 2.44. The van der Waals surface area contributed by atoms with Gasteiger partial charge in [0.1, 0.15) is 11.6 Å². The van der Waals surface area contributed by atoms with E-state index in [2.05, 4.69) is 41.7 Å². The number of benzene rings is 4. The number of halogens is 2. The van der Waals surface area contributed by atoms with E-state index in [4.69, 9.17) is 39.1 Å². The highest BCUT2D eigenvalue weighted by atomic mass is 35.5. The van der Waals surface area contributed by atoms with Crippen LogP contribution < -0.4 is 15.8 Å². The van der Waals surface area contributed by atoms with Crippen molar-refractivity contribution in [1.29, 1.82) is 5.41 Å². The lowest BCUT2D eigenvalue weighted by molar-refractivity contribution is 0.403. The molecule has 174 valence electrons. The van der Waals surface area contributed by atoms with E-state index in [-0.39, 0.29) is 23.7 Å². The summed E-state index contributed by atoms with van der Waals surface area (Å²) in [6.45, 7) is 0. The van der Waals surface area contributed by atoms with E-state index in [1.165, 1.54) is 16.7 Å². The summed E-state index contributed by atoms with van der Waals surface area (Å²) in [6, 6.07) is 28.0. The molecule has 4 aromatic carbocycles. The van der Waals surface area contributed by atoms with Crippen molar-refractivity contribution in [3.63, 3.8) is 0 Å². The van der Waals surface area contributed by atoms with Crippen LogP contribution in [0.1, 0.15) is 39.8 Å². The second kappa shape index (κ2) is 8.63. The molecule has 35 heavy (non-hydrogen) atoms. The molecule has 0 saturated carbocycles. The van der Waals surface area contributed by atoms with Crippen molar-refractivity contribution in [1.82, 2.24) is 0 Å². The minimum Gasteiger partial charge on any atom is -0.454 e. The predicted octanol–water partition coefficient (Wildman–Crippen LogP) is 7.54. The standard InChI is InChI=1S/C29H23Cl2N3O/c30-22-9-5-10-23(31)28(22)35-25-11-4-3-8-19(25)27-21-14-16-6-1-2-7-18(16)26(21)20-15-17(29(32)33)12-13-24(20)34-27/h1-13,15,21,26-27,34H,14H2,(H3,32,33). The summed E-state index contributed by atoms with van der Waals surface area (Å²) in [5.41, 5.74) is 12.5. The van der Waals surface area contributed by atoms with Crippen molar-refractivity contribution in [2.45, 2.75) is 18.4 Å². The first-order valence-corrected chi connectivity index (χ1v) is 12.3. The second-order valence-corrected chi connectivity index (χ2v) is 9.89. The van der Waals surface area contributed by atoms with Crippen molar-refractivity contribution < 1.29 is 4.74 Å². The number of amidine groups is 1. The summed E-state index contributed by atoms with van der Waals surface area (Å²) in [7, 11) is 0. The van der Waals surface area contributed by atoms with E-state index in [1.807, 2.05) is 30.3 Å². The third-order valence-corrected chi connectivity index (χ3v) is 7.69. The topological polar surface area (TPSA) is 71.1 Å². The van der Waals surface area contributed by atoms with Crippen LogP contribution in [0.15, 0.2) is 84.9 Å². The number of fused-ring (bicyclic) bond motifs is 5. The van der Waals surface area contributed by atoms with Gasteiger partial charge in [0, 0.05) is 22.7 Å². The van der Waals surface area contributed by atoms with Crippen LogP contribution in [0.2, 0.25) is 10.0 Å². The molecule has 4 nitrogen and oxygen atoms in total. The minimum atomic E-state index is 0.000501. The van der Waals surface area contributed by atoms with Crippen molar-refractivity contribution in [3.8, 4) is 11.5 Å². The van der Waals surface area contributed by atoms with Crippen LogP contribution in [0.3, 0.4) is 0 Å². The van der Waals surface area contributed by atoms with Crippen molar-refractivity contribution in [2.75, 3.05) is 5.32 Å². The minimum absolute atomic E-state index is 0.000501. The van der Waals surface area contributed by atoms with Gasteiger partial charge in [0.25, 0.3) is 0 Å². The molecule has 4 N–H and O–H groups in total. The third-order valence-electron chi connectivity index (χ3n) is 7.10. The first kappa shape index (κ1) is 22.0. The van der Waals surface area contributed by atoms with Gasteiger partial charge in [0.2, 0.25) is 0 Å². The van der Waals surface area contributed by atoms with E-state index < -0.39 is 0 Å². The van der Waals surface area contributed by atoms with Crippen molar-refractivity contribution >= 4 is 34.7 Å². The maximum absolute atomic E-state index is 7.95. The fourth-order valence-corrected chi connectivity index (χ4v) is 6.03. The third kappa shape index (κ3) is 3.74. The lowest BCUT2D eigenvalue weighted by Gasteiger charge is -2.38. The Morgan fingerprint density at radius 1 is 0.857 bits per heavy atom. The molecule has 0 aromatic heterocycles. The molecule has 3 atom stereocenters. The van der Waals surface area contributed by atoms with E-state index >= 15 is 0 Å². The molecule has 0 saturated heterocycles. The van der Waals surface area contributed by atoms with E-state index in [0.29, 0.717) is 15.8 Å². The molecule has 0 radical (unpaired) electrons. The number of hydrogen-bond acceptors (Lipinski definition) is 3. The average Bonchev–Trinajstić information content (AvgIpc) is 3.26. The molecular weight excluding hydrogens is 477 g/mol. The highest BCUT2D eigenvalue weighted by molar-refractivity contribution is 6.37. The Morgan fingerprint density at radius 2 is 1.57 bits per heavy atom. The number of ether oxygens (including phenoxy) is 1. The molecule has 0 fully saturated rings. The number of hydrogen-bond donors (Lipinski definition) is 3. The number of nitrogen functional groups attached to an aromatic ring is 1. The summed E-state index contributed by atoms with van der Waals surface area (Å²) >= 11 is 12.8. The van der Waals surface area contributed by atoms with E-state index in [9.17, 15) is 0 Å². The van der Waals surface area contributed by atoms with Crippen LogP contribution in [0.5, 0.6) is 11.5 Å². The van der Waals surface area contributed by atoms with Gasteiger partial charge in [-0.3, -0.25) is 5.41 Å². The van der Waals surface area contributed by atoms with Gasteiger partial charge in [-0.25, -0.2) is 0 Å². The number of nitrogens with one attached hydrogen (secondary N) is 2. The molecule has 1 aliphatic carbocycles. The zero-order valence-corrected chi connectivity index (χ0v) is 20.3. The Morgan fingerprint density at radius 3 is 2.34 bits per heavy atom. The molecule has 0 amide bonds. The zero-order valence-electron chi connectivity index (χ0n) is 18.8. The lowest BCUT2D eigenvalue weighted by atomic mass is 9.75. The van der Waals surface area contributed by atoms with Crippen LogP contribution >= 0.6 is 23.2 Å². The van der Waals surface area contributed by atoms with Gasteiger partial charge in [-0.2, -0.15) is 0 Å². The summed E-state index contributed by atoms with van der Waals surface area (Å²) in [5.74, 6) is 1.70. The summed E-state index contributed by atoms with van der Waals surface area (Å²) in [4.78, 5) is 0. The number of para-hydroxylation sites is 2. The molecule has 4 aromatic rings. The van der Waals surface area contributed by atoms with Crippen LogP contribution in [0, 0.1) is 11.3 Å². The molecule has 1 aliphatic heterocycles. The summed E-state index contributed by atoms with van der Waals surface area (Å²) in [5, 5.41) is 12.7. The van der Waals surface area contributed by atoms with E-state index in [1.54, 1.807) is 18.2 Å². The zero-order chi connectivity index (χ0) is 24.1. The largest absolute Gasteiger partial charge is 0.454 e. The molecule has 1 heterocycles. The highest BCUT2D eigenvalue weighted by Crippen LogP contribution is 2.55. The van der Waals surface area contributed by atoms with Crippen LogP contribution in [-0.4, -0.2) is 5.84 Å².